The lowest BCUT2D eigenvalue weighted by molar-refractivity contribution is -0.131. The van der Waals surface area contributed by atoms with Crippen molar-refractivity contribution in [2.75, 3.05) is 0 Å². The Morgan fingerprint density at radius 1 is 1.54 bits per heavy atom. The Hall–Kier alpha value is -1.65. The van der Waals surface area contributed by atoms with E-state index in [1.165, 1.54) is 6.08 Å². The Labute approximate surface area is 75.1 Å². The molecule has 5 nitrogen and oxygen atoms in total. The molecule has 1 rings (SSSR count). The quantitative estimate of drug-likeness (QED) is 0.713. The molecule has 1 N–H and O–H groups in total. The van der Waals surface area contributed by atoms with Gasteiger partial charge in [0.1, 0.15) is 0 Å². The summed E-state index contributed by atoms with van der Waals surface area (Å²) in [6, 6.07) is 0. The monoisotopic (exact) mass is 182 g/mol. The standard InChI is InChI=1S/C8H10N2O3/c1-5(2)8-10-9-6(13-8)3-4-7(11)12/h3-5H,1-2H3,(H,11,12)/b4-3+. The summed E-state index contributed by atoms with van der Waals surface area (Å²) in [6.45, 7) is 3.83. The fourth-order valence-electron chi connectivity index (χ4n) is 0.690. The molecule has 0 saturated carbocycles. The van der Waals surface area contributed by atoms with Gasteiger partial charge in [-0.05, 0) is 0 Å². The van der Waals surface area contributed by atoms with Crippen LogP contribution in [0, 0.1) is 0 Å². The fourth-order valence-corrected chi connectivity index (χ4v) is 0.690. The first-order chi connectivity index (χ1) is 6.09. The van der Waals surface area contributed by atoms with Gasteiger partial charge in [0.05, 0.1) is 0 Å². The predicted molar refractivity (Wildman–Crippen MR) is 45.1 cm³/mol. The molecule has 0 amide bonds. The molecule has 0 aliphatic heterocycles. The summed E-state index contributed by atoms with van der Waals surface area (Å²) in [5, 5.41) is 15.7. The zero-order valence-electron chi connectivity index (χ0n) is 7.39. The molecular formula is C8H10N2O3. The number of aromatic nitrogens is 2. The van der Waals surface area contributed by atoms with E-state index in [0.717, 1.165) is 6.08 Å². The van der Waals surface area contributed by atoms with Crippen LogP contribution < -0.4 is 0 Å². The van der Waals surface area contributed by atoms with Crippen LogP contribution in [0.5, 0.6) is 0 Å². The zero-order chi connectivity index (χ0) is 9.84. The zero-order valence-corrected chi connectivity index (χ0v) is 7.39. The van der Waals surface area contributed by atoms with Crippen molar-refractivity contribution in [2.45, 2.75) is 19.8 Å². The van der Waals surface area contributed by atoms with Crippen LogP contribution in [0.2, 0.25) is 0 Å². The van der Waals surface area contributed by atoms with E-state index >= 15 is 0 Å². The highest BCUT2D eigenvalue weighted by Crippen LogP contribution is 2.12. The number of carboxylic acids is 1. The molecule has 13 heavy (non-hydrogen) atoms. The van der Waals surface area contributed by atoms with Crippen LogP contribution in [0.3, 0.4) is 0 Å². The van der Waals surface area contributed by atoms with E-state index in [9.17, 15) is 4.79 Å². The summed E-state index contributed by atoms with van der Waals surface area (Å²) >= 11 is 0. The van der Waals surface area contributed by atoms with E-state index in [1.54, 1.807) is 0 Å². The maximum atomic E-state index is 10.1. The van der Waals surface area contributed by atoms with Gasteiger partial charge < -0.3 is 9.52 Å². The van der Waals surface area contributed by atoms with Gasteiger partial charge >= 0.3 is 5.97 Å². The smallest absolute Gasteiger partial charge is 0.328 e. The number of aliphatic carboxylic acids is 1. The minimum absolute atomic E-state index is 0.152. The van der Waals surface area contributed by atoms with Crippen LogP contribution in [0.25, 0.3) is 6.08 Å². The molecule has 0 spiro atoms. The lowest BCUT2D eigenvalue weighted by Crippen LogP contribution is -1.85. The minimum atomic E-state index is -1.04. The molecule has 0 aliphatic rings. The Bertz CT molecular complexity index is 328. The van der Waals surface area contributed by atoms with E-state index in [0.29, 0.717) is 5.89 Å². The Morgan fingerprint density at radius 3 is 2.69 bits per heavy atom. The number of carboxylic acid groups (broad SMARTS) is 1. The van der Waals surface area contributed by atoms with Crippen molar-refractivity contribution < 1.29 is 14.3 Å². The van der Waals surface area contributed by atoms with Crippen molar-refractivity contribution >= 4 is 12.0 Å². The van der Waals surface area contributed by atoms with Crippen molar-refractivity contribution in [1.29, 1.82) is 0 Å². The van der Waals surface area contributed by atoms with E-state index < -0.39 is 5.97 Å². The van der Waals surface area contributed by atoms with Crippen LogP contribution in [0.1, 0.15) is 31.5 Å². The summed E-state index contributed by atoms with van der Waals surface area (Å²) in [7, 11) is 0. The highest BCUT2D eigenvalue weighted by Gasteiger charge is 2.07. The summed E-state index contributed by atoms with van der Waals surface area (Å²) in [6.07, 6.45) is 2.22. The fraction of sp³-hybridized carbons (Fsp3) is 0.375. The molecule has 0 atom stereocenters. The number of hydrogen-bond acceptors (Lipinski definition) is 4. The second kappa shape index (κ2) is 3.84. The van der Waals surface area contributed by atoms with Gasteiger partial charge in [0.25, 0.3) is 0 Å². The molecule has 5 heteroatoms. The van der Waals surface area contributed by atoms with Crippen molar-refractivity contribution in [3.63, 3.8) is 0 Å². The van der Waals surface area contributed by atoms with Gasteiger partial charge in [-0.2, -0.15) is 0 Å². The van der Waals surface area contributed by atoms with Gasteiger partial charge in [0.15, 0.2) is 0 Å². The second-order valence-electron chi connectivity index (χ2n) is 2.80. The predicted octanol–water partition coefficient (Wildman–Crippen LogP) is 1.29. The van der Waals surface area contributed by atoms with Crippen LogP contribution in [0.4, 0.5) is 0 Å². The third kappa shape index (κ3) is 2.70. The molecule has 1 aromatic rings. The van der Waals surface area contributed by atoms with Gasteiger partial charge in [0.2, 0.25) is 11.8 Å². The van der Waals surface area contributed by atoms with Gasteiger partial charge in [-0.3, -0.25) is 0 Å². The average Bonchev–Trinajstić information content (AvgIpc) is 2.48. The first-order valence-corrected chi connectivity index (χ1v) is 3.84. The Morgan fingerprint density at radius 2 is 2.23 bits per heavy atom. The molecule has 1 aromatic heterocycles. The minimum Gasteiger partial charge on any atom is -0.478 e. The molecule has 0 aliphatic carbocycles. The SMILES string of the molecule is CC(C)c1nnc(/C=C/C(=O)O)o1. The maximum absolute atomic E-state index is 10.1. The van der Waals surface area contributed by atoms with Crippen LogP contribution in [0.15, 0.2) is 10.5 Å². The van der Waals surface area contributed by atoms with Crippen molar-refractivity contribution in [1.82, 2.24) is 10.2 Å². The van der Waals surface area contributed by atoms with Crippen molar-refractivity contribution in [3.8, 4) is 0 Å². The normalized spacial score (nSPS) is 11.3. The first kappa shape index (κ1) is 9.44. The van der Waals surface area contributed by atoms with E-state index in [1.807, 2.05) is 13.8 Å². The first-order valence-electron chi connectivity index (χ1n) is 3.84. The number of carbonyl (C=O) groups is 1. The van der Waals surface area contributed by atoms with Gasteiger partial charge in [0, 0.05) is 18.1 Å². The summed E-state index contributed by atoms with van der Waals surface area (Å²) in [5.74, 6) is -0.167. The molecule has 0 bridgehead atoms. The lowest BCUT2D eigenvalue weighted by Gasteiger charge is -1.92. The van der Waals surface area contributed by atoms with Crippen molar-refractivity contribution in [3.05, 3.63) is 17.9 Å². The highest BCUT2D eigenvalue weighted by molar-refractivity contribution is 5.84. The van der Waals surface area contributed by atoms with E-state index in [-0.39, 0.29) is 11.8 Å². The summed E-state index contributed by atoms with van der Waals surface area (Å²) in [5.41, 5.74) is 0. The number of rotatable bonds is 3. The van der Waals surface area contributed by atoms with Crippen LogP contribution >= 0.6 is 0 Å². The van der Waals surface area contributed by atoms with Gasteiger partial charge in [-0.25, -0.2) is 4.79 Å². The van der Waals surface area contributed by atoms with Crippen LogP contribution in [-0.2, 0) is 4.79 Å². The Balaban J connectivity index is 2.75. The van der Waals surface area contributed by atoms with Gasteiger partial charge in [-0.15, -0.1) is 10.2 Å². The molecule has 70 valence electrons. The van der Waals surface area contributed by atoms with Crippen molar-refractivity contribution in [2.24, 2.45) is 0 Å². The average molecular weight is 182 g/mol. The molecule has 0 unspecified atom stereocenters. The number of nitrogens with zero attached hydrogens (tertiary/aromatic N) is 2. The highest BCUT2D eigenvalue weighted by atomic mass is 16.4. The summed E-state index contributed by atoms with van der Waals surface area (Å²) in [4.78, 5) is 10.1. The third-order valence-corrected chi connectivity index (χ3v) is 1.32. The molecule has 0 fully saturated rings. The lowest BCUT2D eigenvalue weighted by atomic mass is 10.2. The third-order valence-electron chi connectivity index (χ3n) is 1.32. The second-order valence-corrected chi connectivity index (χ2v) is 2.80. The summed E-state index contributed by atoms with van der Waals surface area (Å²) < 4.78 is 5.12. The Kier molecular flexibility index (Phi) is 2.79. The molecule has 0 radical (unpaired) electrons. The van der Waals surface area contributed by atoms with E-state index in [2.05, 4.69) is 10.2 Å². The topological polar surface area (TPSA) is 76.2 Å². The molecule has 1 heterocycles. The van der Waals surface area contributed by atoms with Crippen LogP contribution in [-0.4, -0.2) is 21.3 Å². The van der Waals surface area contributed by atoms with Gasteiger partial charge in [-0.1, -0.05) is 13.8 Å². The molecule has 0 aromatic carbocycles. The maximum Gasteiger partial charge on any atom is 0.328 e. The number of hydrogen-bond donors (Lipinski definition) is 1. The van der Waals surface area contributed by atoms with E-state index in [4.69, 9.17) is 9.52 Å². The molecule has 0 saturated heterocycles. The largest absolute Gasteiger partial charge is 0.478 e. The molecular weight excluding hydrogens is 172 g/mol.